The largest absolute Gasteiger partial charge is 0.489 e. The van der Waals surface area contributed by atoms with Crippen LogP contribution in [0.3, 0.4) is 0 Å². The van der Waals surface area contributed by atoms with E-state index in [4.69, 9.17) is 4.74 Å². The lowest BCUT2D eigenvalue weighted by atomic mass is 10.1. The van der Waals surface area contributed by atoms with E-state index in [1.165, 1.54) is 12.1 Å². The molecule has 19 heavy (non-hydrogen) atoms. The van der Waals surface area contributed by atoms with E-state index in [9.17, 15) is 9.50 Å². The van der Waals surface area contributed by atoms with E-state index in [2.05, 4.69) is 0 Å². The maximum Gasteiger partial charge on any atom is 0.123 e. The molecule has 0 unspecified atom stereocenters. The van der Waals surface area contributed by atoms with Gasteiger partial charge >= 0.3 is 0 Å². The number of hydrogen-bond acceptors (Lipinski definition) is 2. The Morgan fingerprint density at radius 3 is 2.74 bits per heavy atom. The van der Waals surface area contributed by atoms with Crippen LogP contribution in [0.25, 0.3) is 0 Å². The molecule has 0 fully saturated rings. The molecule has 0 amide bonds. The molecule has 0 aliphatic heterocycles. The molecular weight excluding hydrogens is 243 g/mol. The zero-order valence-corrected chi connectivity index (χ0v) is 10.5. The van der Waals surface area contributed by atoms with Crippen LogP contribution in [0.1, 0.15) is 29.2 Å². The van der Waals surface area contributed by atoms with Crippen LogP contribution in [-0.2, 0) is 13.0 Å². The van der Waals surface area contributed by atoms with Crippen LogP contribution in [-0.4, -0.2) is 5.11 Å². The first-order valence-corrected chi connectivity index (χ1v) is 6.40. The summed E-state index contributed by atoms with van der Waals surface area (Å²) < 4.78 is 18.5. The number of hydrogen-bond donors (Lipinski definition) is 1. The SMILES string of the molecule is O[C@H]1CCc2cc(OCc3ccc(F)cc3)ccc21. The van der Waals surface area contributed by atoms with Crippen molar-refractivity contribution >= 4 is 0 Å². The number of halogens is 1. The third kappa shape index (κ3) is 2.61. The van der Waals surface area contributed by atoms with Gasteiger partial charge in [-0.25, -0.2) is 4.39 Å². The lowest BCUT2D eigenvalue weighted by Crippen LogP contribution is -1.97. The van der Waals surface area contributed by atoms with Crippen molar-refractivity contribution in [3.8, 4) is 5.75 Å². The van der Waals surface area contributed by atoms with Gasteiger partial charge in [-0.1, -0.05) is 18.2 Å². The lowest BCUT2D eigenvalue weighted by molar-refractivity contribution is 0.180. The molecule has 0 saturated carbocycles. The van der Waals surface area contributed by atoms with Gasteiger partial charge in [0.2, 0.25) is 0 Å². The third-order valence-electron chi connectivity index (χ3n) is 3.48. The predicted octanol–water partition coefficient (Wildman–Crippen LogP) is 3.38. The maximum atomic E-state index is 12.8. The minimum atomic E-state index is -0.332. The van der Waals surface area contributed by atoms with Crippen LogP contribution in [0.2, 0.25) is 0 Å². The molecule has 0 aromatic heterocycles. The summed E-state index contributed by atoms with van der Waals surface area (Å²) in [5.74, 6) is 0.549. The number of aryl methyl sites for hydroxylation is 1. The van der Waals surface area contributed by atoms with Crippen molar-refractivity contribution < 1.29 is 14.2 Å². The fourth-order valence-corrected chi connectivity index (χ4v) is 2.41. The van der Waals surface area contributed by atoms with Gasteiger partial charge < -0.3 is 9.84 Å². The zero-order valence-electron chi connectivity index (χ0n) is 10.5. The monoisotopic (exact) mass is 258 g/mol. The molecule has 0 bridgehead atoms. The quantitative estimate of drug-likeness (QED) is 0.914. The Morgan fingerprint density at radius 1 is 1.16 bits per heavy atom. The molecule has 1 atom stereocenters. The van der Waals surface area contributed by atoms with Crippen LogP contribution >= 0.6 is 0 Å². The van der Waals surface area contributed by atoms with Gasteiger partial charge in [-0.2, -0.15) is 0 Å². The summed E-state index contributed by atoms with van der Waals surface area (Å²) in [6.45, 7) is 0.418. The molecule has 1 N–H and O–H groups in total. The number of rotatable bonds is 3. The van der Waals surface area contributed by atoms with E-state index >= 15 is 0 Å². The van der Waals surface area contributed by atoms with Gasteiger partial charge in [0.25, 0.3) is 0 Å². The first-order valence-electron chi connectivity index (χ1n) is 6.40. The molecule has 2 nitrogen and oxygen atoms in total. The summed E-state index contributed by atoms with van der Waals surface area (Å²) in [6, 6.07) is 12.1. The van der Waals surface area contributed by atoms with Crippen molar-refractivity contribution in [1.82, 2.24) is 0 Å². The van der Waals surface area contributed by atoms with E-state index in [0.717, 1.165) is 35.3 Å². The first-order chi connectivity index (χ1) is 9.22. The Kier molecular flexibility index (Phi) is 3.22. The number of ether oxygens (including phenoxy) is 1. The van der Waals surface area contributed by atoms with Crippen LogP contribution < -0.4 is 4.74 Å². The molecule has 2 aromatic carbocycles. The second-order valence-electron chi connectivity index (χ2n) is 4.83. The minimum absolute atomic E-state index is 0.240. The van der Waals surface area contributed by atoms with E-state index < -0.39 is 0 Å². The molecule has 1 aliphatic carbocycles. The summed E-state index contributed by atoms with van der Waals surface area (Å²) in [7, 11) is 0. The lowest BCUT2D eigenvalue weighted by Gasteiger charge is -2.09. The highest BCUT2D eigenvalue weighted by atomic mass is 19.1. The van der Waals surface area contributed by atoms with Crippen LogP contribution in [0, 0.1) is 5.82 Å². The summed E-state index contributed by atoms with van der Waals surface area (Å²) >= 11 is 0. The minimum Gasteiger partial charge on any atom is -0.489 e. The van der Waals surface area contributed by atoms with E-state index in [1.54, 1.807) is 12.1 Å². The Hall–Kier alpha value is -1.87. The molecule has 1 aliphatic rings. The summed E-state index contributed by atoms with van der Waals surface area (Å²) in [5, 5.41) is 9.73. The summed E-state index contributed by atoms with van der Waals surface area (Å²) in [4.78, 5) is 0. The van der Waals surface area contributed by atoms with E-state index in [1.807, 2.05) is 18.2 Å². The fourth-order valence-electron chi connectivity index (χ4n) is 2.41. The standard InChI is InChI=1S/C16H15FO2/c17-13-4-1-11(2-5-13)10-19-14-6-7-15-12(9-14)3-8-16(15)18/h1-2,4-7,9,16,18H,3,8,10H2/t16-/m0/s1. The molecule has 3 rings (SSSR count). The predicted molar refractivity (Wildman–Crippen MR) is 70.5 cm³/mol. The van der Waals surface area contributed by atoms with Gasteiger partial charge in [0.05, 0.1) is 6.10 Å². The summed E-state index contributed by atoms with van der Waals surface area (Å²) in [5.41, 5.74) is 3.10. The second kappa shape index (κ2) is 5.02. The Morgan fingerprint density at radius 2 is 1.95 bits per heavy atom. The maximum absolute atomic E-state index is 12.8. The highest BCUT2D eigenvalue weighted by Gasteiger charge is 2.20. The van der Waals surface area contributed by atoms with Crippen LogP contribution in [0.5, 0.6) is 5.75 Å². The van der Waals surface area contributed by atoms with Gasteiger partial charge in [-0.05, 0) is 53.8 Å². The molecule has 0 saturated heterocycles. The average Bonchev–Trinajstić information content (AvgIpc) is 2.79. The van der Waals surface area contributed by atoms with Gasteiger partial charge in [-0.15, -0.1) is 0 Å². The van der Waals surface area contributed by atoms with E-state index in [-0.39, 0.29) is 11.9 Å². The van der Waals surface area contributed by atoms with Crippen LogP contribution in [0.4, 0.5) is 4.39 Å². The molecule has 0 heterocycles. The van der Waals surface area contributed by atoms with Gasteiger partial charge in [-0.3, -0.25) is 0 Å². The van der Waals surface area contributed by atoms with Gasteiger partial charge in [0.1, 0.15) is 18.2 Å². The van der Waals surface area contributed by atoms with Crippen molar-refractivity contribution in [2.24, 2.45) is 0 Å². The average molecular weight is 258 g/mol. The van der Waals surface area contributed by atoms with Crippen LogP contribution in [0.15, 0.2) is 42.5 Å². The van der Waals surface area contributed by atoms with Gasteiger partial charge in [0.15, 0.2) is 0 Å². The van der Waals surface area contributed by atoms with E-state index in [0.29, 0.717) is 6.61 Å². The highest BCUT2D eigenvalue weighted by molar-refractivity contribution is 5.40. The smallest absolute Gasteiger partial charge is 0.123 e. The summed E-state index contributed by atoms with van der Waals surface area (Å²) in [6.07, 6.45) is 1.35. The molecule has 0 spiro atoms. The molecule has 2 aromatic rings. The number of aliphatic hydroxyl groups is 1. The Balaban J connectivity index is 1.69. The van der Waals surface area contributed by atoms with Gasteiger partial charge in [0, 0.05) is 0 Å². The number of fused-ring (bicyclic) bond motifs is 1. The second-order valence-corrected chi connectivity index (χ2v) is 4.83. The number of benzene rings is 2. The fraction of sp³-hybridized carbons (Fsp3) is 0.250. The Labute approximate surface area is 111 Å². The third-order valence-corrected chi connectivity index (χ3v) is 3.48. The van der Waals surface area contributed by atoms with Crippen molar-refractivity contribution in [3.05, 3.63) is 65.0 Å². The molecular formula is C16H15FO2. The Bertz CT molecular complexity index is 578. The van der Waals surface area contributed by atoms with Crippen molar-refractivity contribution in [3.63, 3.8) is 0 Å². The van der Waals surface area contributed by atoms with Crippen molar-refractivity contribution in [2.45, 2.75) is 25.6 Å². The number of aliphatic hydroxyl groups excluding tert-OH is 1. The normalized spacial score (nSPS) is 17.3. The molecule has 98 valence electrons. The zero-order chi connectivity index (χ0) is 13.2. The molecule has 3 heteroatoms. The highest BCUT2D eigenvalue weighted by Crippen LogP contribution is 2.33. The molecule has 0 radical (unpaired) electrons. The topological polar surface area (TPSA) is 29.5 Å². The first kappa shape index (κ1) is 12.2. The van der Waals surface area contributed by atoms with Crippen molar-refractivity contribution in [1.29, 1.82) is 0 Å². The van der Waals surface area contributed by atoms with Crippen molar-refractivity contribution in [2.75, 3.05) is 0 Å².